The lowest BCUT2D eigenvalue weighted by Crippen LogP contribution is -2.17. The zero-order valence-corrected chi connectivity index (χ0v) is 7.01. The van der Waals surface area contributed by atoms with Crippen LogP contribution in [0.1, 0.15) is 5.56 Å². The molecule has 0 aromatic carbocycles. The molecular formula is C8H12N2O. The van der Waals surface area contributed by atoms with Gasteiger partial charge in [0.25, 0.3) is 5.56 Å². The molecule has 11 heavy (non-hydrogen) atoms. The van der Waals surface area contributed by atoms with Gasteiger partial charge in [-0.3, -0.25) is 4.79 Å². The molecule has 1 rings (SSSR count). The predicted octanol–water partition coefficient (Wildman–Crippen LogP) is 0.749. The number of rotatable bonds is 1. The summed E-state index contributed by atoms with van der Waals surface area (Å²) in [4.78, 5) is 15.7. The van der Waals surface area contributed by atoms with Crippen molar-refractivity contribution in [1.82, 2.24) is 4.98 Å². The highest BCUT2D eigenvalue weighted by Gasteiger charge is 1.96. The Morgan fingerprint density at radius 1 is 1.36 bits per heavy atom. The van der Waals surface area contributed by atoms with Crippen molar-refractivity contribution in [3.05, 3.63) is 28.0 Å². The molecule has 0 radical (unpaired) electrons. The third-order valence-electron chi connectivity index (χ3n) is 1.57. The van der Waals surface area contributed by atoms with Gasteiger partial charge in [-0.05, 0) is 13.0 Å². The molecule has 0 saturated carbocycles. The molecule has 0 bridgehead atoms. The number of aromatic amines is 1. The van der Waals surface area contributed by atoms with Crippen LogP contribution in [0.5, 0.6) is 0 Å². The summed E-state index contributed by atoms with van der Waals surface area (Å²) in [6.45, 7) is 1.79. The first-order chi connectivity index (χ1) is 5.11. The van der Waals surface area contributed by atoms with E-state index in [-0.39, 0.29) is 5.56 Å². The normalized spacial score (nSPS) is 9.73. The zero-order valence-electron chi connectivity index (χ0n) is 7.01. The molecule has 0 amide bonds. The Morgan fingerprint density at radius 2 is 2.00 bits per heavy atom. The van der Waals surface area contributed by atoms with Gasteiger partial charge in [-0.25, -0.2) is 0 Å². The van der Waals surface area contributed by atoms with Crippen LogP contribution in [0.4, 0.5) is 5.82 Å². The maximum atomic E-state index is 11.1. The van der Waals surface area contributed by atoms with Gasteiger partial charge in [0.05, 0.1) is 0 Å². The average molecular weight is 152 g/mol. The van der Waals surface area contributed by atoms with E-state index >= 15 is 0 Å². The Morgan fingerprint density at radius 3 is 2.45 bits per heavy atom. The number of aromatic nitrogens is 1. The predicted molar refractivity (Wildman–Crippen MR) is 46.1 cm³/mol. The summed E-state index contributed by atoms with van der Waals surface area (Å²) in [5, 5.41) is 0. The summed E-state index contributed by atoms with van der Waals surface area (Å²) in [5.74, 6) is 0.834. The fourth-order valence-electron chi connectivity index (χ4n) is 0.797. The summed E-state index contributed by atoms with van der Waals surface area (Å²) >= 11 is 0. The second kappa shape index (κ2) is 2.78. The van der Waals surface area contributed by atoms with Crippen molar-refractivity contribution in [2.45, 2.75) is 6.92 Å². The molecule has 0 unspecified atom stereocenters. The number of hydrogen-bond donors (Lipinski definition) is 1. The van der Waals surface area contributed by atoms with Gasteiger partial charge in [0.1, 0.15) is 5.82 Å². The Balaban J connectivity index is 3.16. The van der Waals surface area contributed by atoms with Crippen LogP contribution in [0.25, 0.3) is 0 Å². The minimum atomic E-state index is -0.0174. The fraction of sp³-hybridized carbons (Fsp3) is 0.375. The molecule has 0 aliphatic rings. The third-order valence-corrected chi connectivity index (χ3v) is 1.57. The smallest absolute Gasteiger partial charge is 0.252 e. The number of nitrogens with one attached hydrogen (secondary N) is 1. The minimum absolute atomic E-state index is 0.0174. The number of pyridine rings is 1. The Hall–Kier alpha value is -1.25. The lowest BCUT2D eigenvalue weighted by atomic mass is 10.3. The zero-order chi connectivity index (χ0) is 8.43. The van der Waals surface area contributed by atoms with Crippen LogP contribution in [-0.2, 0) is 0 Å². The van der Waals surface area contributed by atoms with Gasteiger partial charge >= 0.3 is 0 Å². The Labute approximate surface area is 65.7 Å². The van der Waals surface area contributed by atoms with Gasteiger partial charge in [-0.2, -0.15) is 0 Å². The van der Waals surface area contributed by atoms with E-state index in [0.717, 1.165) is 11.4 Å². The van der Waals surface area contributed by atoms with E-state index in [2.05, 4.69) is 4.98 Å². The average Bonchev–Trinajstić information content (AvgIpc) is 1.94. The van der Waals surface area contributed by atoms with Crippen LogP contribution in [0.15, 0.2) is 16.9 Å². The van der Waals surface area contributed by atoms with Crippen molar-refractivity contribution >= 4 is 5.82 Å². The quantitative estimate of drug-likeness (QED) is 0.644. The highest BCUT2D eigenvalue weighted by molar-refractivity contribution is 5.36. The molecule has 1 heterocycles. The second-order valence-corrected chi connectivity index (χ2v) is 2.75. The summed E-state index contributed by atoms with van der Waals surface area (Å²) in [7, 11) is 3.78. The van der Waals surface area contributed by atoms with E-state index < -0.39 is 0 Å². The molecule has 0 aliphatic heterocycles. The monoisotopic (exact) mass is 152 g/mol. The van der Waals surface area contributed by atoms with E-state index in [0.29, 0.717) is 0 Å². The SMILES string of the molecule is Cc1ccc(N(C)C)[nH]c1=O. The molecule has 3 nitrogen and oxygen atoms in total. The molecule has 3 heteroatoms. The summed E-state index contributed by atoms with van der Waals surface area (Å²) in [5.41, 5.74) is 0.729. The van der Waals surface area contributed by atoms with Crippen molar-refractivity contribution in [3.63, 3.8) is 0 Å². The largest absolute Gasteiger partial charge is 0.364 e. The van der Waals surface area contributed by atoms with Crippen molar-refractivity contribution in [3.8, 4) is 0 Å². The first-order valence-corrected chi connectivity index (χ1v) is 3.48. The molecule has 0 saturated heterocycles. The summed E-state index contributed by atoms with van der Waals surface area (Å²) < 4.78 is 0. The first kappa shape index (κ1) is 7.85. The number of nitrogens with zero attached hydrogens (tertiary/aromatic N) is 1. The van der Waals surface area contributed by atoms with Gasteiger partial charge in [0.15, 0.2) is 0 Å². The number of H-pyrrole nitrogens is 1. The first-order valence-electron chi connectivity index (χ1n) is 3.48. The van der Waals surface area contributed by atoms with Crippen LogP contribution in [0, 0.1) is 6.92 Å². The lowest BCUT2D eigenvalue weighted by Gasteiger charge is -2.10. The topological polar surface area (TPSA) is 36.1 Å². The standard InChI is InChI=1S/C8H12N2O/c1-6-4-5-7(10(2)3)9-8(6)11/h4-5H,1-3H3,(H,9,11). The summed E-state index contributed by atoms with van der Waals surface area (Å²) in [6.07, 6.45) is 0. The maximum absolute atomic E-state index is 11.1. The second-order valence-electron chi connectivity index (χ2n) is 2.75. The Bertz CT molecular complexity index is 301. The van der Waals surface area contributed by atoms with Gasteiger partial charge in [0.2, 0.25) is 0 Å². The number of anilines is 1. The molecule has 0 fully saturated rings. The Kier molecular flexibility index (Phi) is 1.98. The molecule has 0 spiro atoms. The van der Waals surface area contributed by atoms with Crippen molar-refractivity contribution in [1.29, 1.82) is 0 Å². The van der Waals surface area contributed by atoms with Crippen LogP contribution in [0.2, 0.25) is 0 Å². The molecule has 0 atom stereocenters. The van der Waals surface area contributed by atoms with Crippen LogP contribution in [-0.4, -0.2) is 19.1 Å². The van der Waals surface area contributed by atoms with Gasteiger partial charge in [-0.15, -0.1) is 0 Å². The van der Waals surface area contributed by atoms with Gasteiger partial charge < -0.3 is 9.88 Å². The fourth-order valence-corrected chi connectivity index (χ4v) is 0.797. The van der Waals surface area contributed by atoms with Crippen molar-refractivity contribution in [2.75, 3.05) is 19.0 Å². The van der Waals surface area contributed by atoms with E-state index in [4.69, 9.17) is 0 Å². The summed E-state index contributed by atoms with van der Waals surface area (Å²) in [6, 6.07) is 3.70. The van der Waals surface area contributed by atoms with E-state index in [1.807, 2.05) is 31.1 Å². The molecule has 1 N–H and O–H groups in total. The van der Waals surface area contributed by atoms with Gasteiger partial charge in [0, 0.05) is 19.7 Å². The maximum Gasteiger partial charge on any atom is 0.252 e. The molecular weight excluding hydrogens is 140 g/mol. The van der Waals surface area contributed by atoms with Crippen molar-refractivity contribution < 1.29 is 0 Å². The number of aryl methyl sites for hydroxylation is 1. The van der Waals surface area contributed by atoms with Crippen LogP contribution in [0.3, 0.4) is 0 Å². The molecule has 60 valence electrons. The molecule has 1 aromatic heterocycles. The highest BCUT2D eigenvalue weighted by atomic mass is 16.1. The van der Waals surface area contributed by atoms with E-state index in [1.165, 1.54) is 0 Å². The minimum Gasteiger partial charge on any atom is -0.364 e. The van der Waals surface area contributed by atoms with Gasteiger partial charge in [-0.1, -0.05) is 6.07 Å². The lowest BCUT2D eigenvalue weighted by molar-refractivity contribution is 1.04. The molecule has 1 aromatic rings. The van der Waals surface area contributed by atoms with E-state index in [9.17, 15) is 4.79 Å². The van der Waals surface area contributed by atoms with Crippen LogP contribution >= 0.6 is 0 Å². The highest BCUT2D eigenvalue weighted by Crippen LogP contribution is 2.02. The van der Waals surface area contributed by atoms with Crippen molar-refractivity contribution in [2.24, 2.45) is 0 Å². The molecule has 0 aliphatic carbocycles. The van der Waals surface area contributed by atoms with Crippen LogP contribution < -0.4 is 10.5 Å². The number of hydrogen-bond acceptors (Lipinski definition) is 2. The van der Waals surface area contributed by atoms with E-state index in [1.54, 1.807) is 6.92 Å². The third kappa shape index (κ3) is 1.61.